The summed E-state index contributed by atoms with van der Waals surface area (Å²) in [6.07, 6.45) is 3.52. The zero-order chi connectivity index (χ0) is 11.5. The Morgan fingerprint density at radius 2 is 2.25 bits per heavy atom. The first-order valence-electron chi connectivity index (χ1n) is 4.83. The lowest BCUT2D eigenvalue weighted by Crippen LogP contribution is -1.98. The number of imidazole rings is 1. The van der Waals surface area contributed by atoms with Crippen molar-refractivity contribution in [3.05, 3.63) is 52.8 Å². The van der Waals surface area contributed by atoms with Gasteiger partial charge in [0.15, 0.2) is 0 Å². The van der Waals surface area contributed by atoms with Crippen LogP contribution in [-0.2, 0) is 13.1 Å². The number of aromatic nitrogens is 2. The predicted molar refractivity (Wildman–Crippen MR) is 60.6 cm³/mol. The third-order valence-corrected chi connectivity index (χ3v) is 2.55. The van der Waals surface area contributed by atoms with Gasteiger partial charge in [0.05, 0.1) is 17.0 Å². The highest BCUT2D eigenvalue weighted by atomic mass is 35.5. The van der Waals surface area contributed by atoms with Gasteiger partial charge in [0, 0.05) is 19.3 Å². The SMILES string of the molecule is NCc1cn(Cc2ccc(Cl)c(F)c2)cn1. The van der Waals surface area contributed by atoms with E-state index in [1.165, 1.54) is 6.07 Å². The van der Waals surface area contributed by atoms with Gasteiger partial charge in [0.1, 0.15) is 5.82 Å². The highest BCUT2D eigenvalue weighted by Crippen LogP contribution is 2.16. The van der Waals surface area contributed by atoms with Gasteiger partial charge in [-0.25, -0.2) is 9.37 Å². The first-order valence-corrected chi connectivity index (χ1v) is 5.21. The van der Waals surface area contributed by atoms with Gasteiger partial charge in [-0.2, -0.15) is 0 Å². The number of rotatable bonds is 3. The smallest absolute Gasteiger partial charge is 0.142 e. The number of hydrogen-bond acceptors (Lipinski definition) is 2. The minimum atomic E-state index is -0.404. The third-order valence-electron chi connectivity index (χ3n) is 2.25. The van der Waals surface area contributed by atoms with Crippen molar-refractivity contribution < 1.29 is 4.39 Å². The topological polar surface area (TPSA) is 43.8 Å². The van der Waals surface area contributed by atoms with E-state index in [1.807, 2.05) is 10.8 Å². The van der Waals surface area contributed by atoms with Crippen LogP contribution in [0.3, 0.4) is 0 Å². The molecule has 0 aliphatic rings. The first kappa shape index (κ1) is 11.1. The lowest BCUT2D eigenvalue weighted by Gasteiger charge is -2.03. The van der Waals surface area contributed by atoms with Crippen molar-refractivity contribution >= 4 is 11.6 Å². The molecule has 0 atom stereocenters. The summed E-state index contributed by atoms with van der Waals surface area (Å²) in [5.74, 6) is -0.404. The molecule has 0 amide bonds. The summed E-state index contributed by atoms with van der Waals surface area (Å²) in [7, 11) is 0. The Kier molecular flexibility index (Phi) is 3.22. The minimum Gasteiger partial charge on any atom is -0.333 e. The van der Waals surface area contributed by atoms with Gasteiger partial charge < -0.3 is 10.3 Å². The lowest BCUT2D eigenvalue weighted by molar-refractivity contribution is 0.624. The normalized spacial score (nSPS) is 10.7. The standard InChI is InChI=1S/C11H11ClFN3/c12-10-2-1-8(3-11(10)13)5-16-6-9(4-14)15-7-16/h1-3,6-7H,4-5,14H2. The molecule has 0 aliphatic heterocycles. The van der Waals surface area contributed by atoms with Crippen molar-refractivity contribution in [2.75, 3.05) is 0 Å². The fourth-order valence-electron chi connectivity index (χ4n) is 1.45. The highest BCUT2D eigenvalue weighted by Gasteiger charge is 2.02. The van der Waals surface area contributed by atoms with E-state index in [9.17, 15) is 4.39 Å². The van der Waals surface area contributed by atoms with E-state index in [-0.39, 0.29) is 5.02 Å². The molecule has 1 aromatic heterocycles. The molecule has 5 heteroatoms. The summed E-state index contributed by atoms with van der Waals surface area (Å²) in [5, 5.41) is 0.136. The van der Waals surface area contributed by atoms with E-state index in [1.54, 1.807) is 18.5 Å². The maximum atomic E-state index is 13.2. The molecule has 0 fully saturated rings. The van der Waals surface area contributed by atoms with Crippen molar-refractivity contribution in [1.29, 1.82) is 0 Å². The van der Waals surface area contributed by atoms with E-state index in [4.69, 9.17) is 17.3 Å². The van der Waals surface area contributed by atoms with Crippen LogP contribution in [0.2, 0.25) is 5.02 Å². The fourth-order valence-corrected chi connectivity index (χ4v) is 1.56. The van der Waals surface area contributed by atoms with E-state index in [0.717, 1.165) is 11.3 Å². The Morgan fingerprint density at radius 1 is 1.44 bits per heavy atom. The molecule has 0 aliphatic carbocycles. The fraction of sp³-hybridized carbons (Fsp3) is 0.182. The summed E-state index contributed by atoms with van der Waals surface area (Å²) in [6.45, 7) is 0.961. The molecule has 0 spiro atoms. The van der Waals surface area contributed by atoms with Crippen molar-refractivity contribution in [1.82, 2.24) is 9.55 Å². The number of halogens is 2. The van der Waals surface area contributed by atoms with E-state index in [0.29, 0.717) is 13.1 Å². The van der Waals surface area contributed by atoms with Crippen LogP contribution in [-0.4, -0.2) is 9.55 Å². The first-order chi connectivity index (χ1) is 7.69. The number of nitrogens with zero attached hydrogens (tertiary/aromatic N) is 2. The van der Waals surface area contributed by atoms with Gasteiger partial charge in [-0.15, -0.1) is 0 Å². The summed E-state index contributed by atoms with van der Waals surface area (Å²) >= 11 is 5.60. The summed E-state index contributed by atoms with van der Waals surface area (Å²) in [5.41, 5.74) is 7.10. The minimum absolute atomic E-state index is 0.136. The van der Waals surface area contributed by atoms with Gasteiger partial charge >= 0.3 is 0 Å². The molecule has 0 saturated heterocycles. The van der Waals surface area contributed by atoms with Gasteiger partial charge in [-0.3, -0.25) is 0 Å². The predicted octanol–water partition coefficient (Wildman–Crippen LogP) is 2.18. The van der Waals surface area contributed by atoms with Crippen molar-refractivity contribution in [2.45, 2.75) is 13.1 Å². The average molecular weight is 240 g/mol. The monoisotopic (exact) mass is 239 g/mol. The van der Waals surface area contributed by atoms with Gasteiger partial charge in [0.25, 0.3) is 0 Å². The maximum Gasteiger partial charge on any atom is 0.142 e. The Bertz CT molecular complexity index is 496. The molecule has 2 aromatic rings. The molecule has 0 saturated carbocycles. The maximum absolute atomic E-state index is 13.2. The van der Waals surface area contributed by atoms with Crippen molar-refractivity contribution in [3.63, 3.8) is 0 Å². The molecule has 84 valence electrons. The van der Waals surface area contributed by atoms with Gasteiger partial charge in [-0.1, -0.05) is 17.7 Å². The number of benzene rings is 1. The van der Waals surface area contributed by atoms with E-state index >= 15 is 0 Å². The molecule has 2 N–H and O–H groups in total. The molecule has 2 rings (SSSR count). The molecule has 3 nitrogen and oxygen atoms in total. The second-order valence-electron chi connectivity index (χ2n) is 3.49. The van der Waals surface area contributed by atoms with Crippen LogP contribution >= 0.6 is 11.6 Å². The lowest BCUT2D eigenvalue weighted by atomic mass is 10.2. The third kappa shape index (κ3) is 2.40. The Labute approximate surface area is 97.7 Å². The zero-order valence-corrected chi connectivity index (χ0v) is 9.28. The van der Waals surface area contributed by atoms with Crippen LogP contribution in [0.25, 0.3) is 0 Å². The molecule has 1 heterocycles. The quantitative estimate of drug-likeness (QED) is 0.892. The molecule has 16 heavy (non-hydrogen) atoms. The Morgan fingerprint density at radius 3 is 2.88 bits per heavy atom. The molecular formula is C11H11ClFN3. The molecular weight excluding hydrogens is 229 g/mol. The van der Waals surface area contributed by atoms with Crippen LogP contribution in [0.1, 0.15) is 11.3 Å². The van der Waals surface area contributed by atoms with Gasteiger partial charge in [0.2, 0.25) is 0 Å². The van der Waals surface area contributed by atoms with Crippen LogP contribution in [0.4, 0.5) is 4.39 Å². The summed E-state index contributed by atoms with van der Waals surface area (Å²) in [4.78, 5) is 4.09. The van der Waals surface area contributed by atoms with E-state index < -0.39 is 5.82 Å². The van der Waals surface area contributed by atoms with Crippen molar-refractivity contribution in [3.8, 4) is 0 Å². The second kappa shape index (κ2) is 4.63. The van der Waals surface area contributed by atoms with Crippen LogP contribution in [0.15, 0.2) is 30.7 Å². The van der Waals surface area contributed by atoms with Crippen LogP contribution in [0.5, 0.6) is 0 Å². The van der Waals surface area contributed by atoms with Gasteiger partial charge in [-0.05, 0) is 17.7 Å². The molecule has 0 unspecified atom stereocenters. The van der Waals surface area contributed by atoms with Crippen LogP contribution in [0, 0.1) is 5.82 Å². The molecule has 0 bridgehead atoms. The summed E-state index contributed by atoms with van der Waals surface area (Å²) in [6, 6.07) is 4.75. The zero-order valence-electron chi connectivity index (χ0n) is 8.53. The Balaban J connectivity index is 2.17. The molecule has 1 aromatic carbocycles. The average Bonchev–Trinajstić information content (AvgIpc) is 2.71. The van der Waals surface area contributed by atoms with Crippen molar-refractivity contribution in [2.24, 2.45) is 5.73 Å². The van der Waals surface area contributed by atoms with E-state index in [2.05, 4.69) is 4.98 Å². The Hall–Kier alpha value is -1.39. The number of hydrogen-bond donors (Lipinski definition) is 1. The number of nitrogens with two attached hydrogens (primary N) is 1. The second-order valence-corrected chi connectivity index (χ2v) is 3.90. The largest absolute Gasteiger partial charge is 0.333 e. The van der Waals surface area contributed by atoms with Crippen LogP contribution < -0.4 is 5.73 Å². The summed E-state index contributed by atoms with van der Waals surface area (Å²) < 4.78 is 15.0. The highest BCUT2D eigenvalue weighted by molar-refractivity contribution is 6.30. The molecule has 0 radical (unpaired) electrons.